The van der Waals surface area contributed by atoms with Crippen LogP contribution >= 0.6 is 11.6 Å². The Morgan fingerprint density at radius 1 is 1.47 bits per heavy atom. The minimum atomic E-state index is -0.337. The second-order valence-electron chi connectivity index (χ2n) is 3.50. The van der Waals surface area contributed by atoms with E-state index in [-0.39, 0.29) is 29.1 Å². The highest BCUT2D eigenvalue weighted by molar-refractivity contribution is 6.32. The summed E-state index contributed by atoms with van der Waals surface area (Å²) in [4.78, 5) is 24.2. The van der Waals surface area contributed by atoms with E-state index in [4.69, 9.17) is 11.6 Å². The predicted octanol–water partition coefficient (Wildman–Crippen LogP) is 0.864. The molecular weight excluding hydrogens is 244 g/mol. The van der Waals surface area contributed by atoms with Crippen molar-refractivity contribution in [2.45, 2.75) is 0 Å². The zero-order chi connectivity index (χ0) is 13.0. The molecule has 0 spiro atoms. The summed E-state index contributed by atoms with van der Waals surface area (Å²) in [5, 5.41) is 11.8. The van der Waals surface area contributed by atoms with Crippen molar-refractivity contribution in [3.8, 4) is 5.75 Å². The van der Waals surface area contributed by atoms with Crippen molar-refractivity contribution in [1.29, 1.82) is 0 Å². The second-order valence-corrected chi connectivity index (χ2v) is 3.91. The molecule has 0 aliphatic carbocycles. The van der Waals surface area contributed by atoms with Crippen LogP contribution in [0.3, 0.4) is 0 Å². The number of benzene rings is 1. The third-order valence-corrected chi connectivity index (χ3v) is 2.50. The standard InChI is InChI=1S/C11H13ClN2O3/c1-13-10(16)6-14(2)11(17)7-3-4-9(15)8(12)5-7/h3-5,15H,6H2,1-2H3,(H,13,16). The first kappa shape index (κ1) is 13.3. The van der Waals surface area contributed by atoms with Crippen LogP contribution in [0.4, 0.5) is 0 Å². The number of hydrogen-bond donors (Lipinski definition) is 2. The van der Waals surface area contributed by atoms with Gasteiger partial charge in [0.1, 0.15) is 5.75 Å². The van der Waals surface area contributed by atoms with Crippen molar-refractivity contribution in [1.82, 2.24) is 10.2 Å². The molecule has 1 aromatic carbocycles. The number of likely N-dealkylation sites (N-methyl/N-ethyl adjacent to an activating group) is 2. The quantitative estimate of drug-likeness (QED) is 0.843. The summed E-state index contributed by atoms with van der Waals surface area (Å²) in [5.41, 5.74) is 0.319. The normalized spacial score (nSPS) is 9.82. The molecule has 5 nitrogen and oxygen atoms in total. The van der Waals surface area contributed by atoms with E-state index >= 15 is 0 Å². The van der Waals surface area contributed by atoms with Gasteiger partial charge < -0.3 is 15.3 Å². The topological polar surface area (TPSA) is 69.6 Å². The van der Waals surface area contributed by atoms with Crippen LogP contribution in [0.2, 0.25) is 5.02 Å². The van der Waals surface area contributed by atoms with Gasteiger partial charge >= 0.3 is 0 Å². The molecular formula is C11H13ClN2O3. The molecule has 0 saturated heterocycles. The van der Waals surface area contributed by atoms with Gasteiger partial charge in [-0.3, -0.25) is 9.59 Å². The number of rotatable bonds is 3. The van der Waals surface area contributed by atoms with E-state index in [0.717, 1.165) is 0 Å². The summed E-state index contributed by atoms with van der Waals surface area (Å²) in [6.45, 7) is -0.0339. The van der Waals surface area contributed by atoms with Crippen molar-refractivity contribution in [2.24, 2.45) is 0 Å². The van der Waals surface area contributed by atoms with Gasteiger partial charge in [-0.2, -0.15) is 0 Å². The Kier molecular flexibility index (Phi) is 4.34. The van der Waals surface area contributed by atoms with E-state index in [1.54, 1.807) is 0 Å². The maximum Gasteiger partial charge on any atom is 0.254 e. The van der Waals surface area contributed by atoms with E-state index in [2.05, 4.69) is 5.32 Å². The highest BCUT2D eigenvalue weighted by atomic mass is 35.5. The average molecular weight is 257 g/mol. The molecule has 0 fully saturated rings. The van der Waals surface area contributed by atoms with Crippen molar-refractivity contribution in [3.05, 3.63) is 28.8 Å². The summed E-state index contributed by atoms with van der Waals surface area (Å²) in [5.74, 6) is -0.682. The van der Waals surface area contributed by atoms with Gasteiger partial charge in [0.25, 0.3) is 5.91 Å². The van der Waals surface area contributed by atoms with E-state index in [9.17, 15) is 14.7 Å². The molecule has 0 saturated carbocycles. The van der Waals surface area contributed by atoms with Gasteiger partial charge in [0.05, 0.1) is 11.6 Å². The highest BCUT2D eigenvalue weighted by Crippen LogP contribution is 2.24. The first-order chi connectivity index (χ1) is 7.95. The van der Waals surface area contributed by atoms with Gasteiger partial charge in [-0.1, -0.05) is 11.6 Å². The Labute approximate surface area is 104 Å². The maximum atomic E-state index is 11.9. The number of phenolic OH excluding ortho intramolecular Hbond substituents is 1. The zero-order valence-electron chi connectivity index (χ0n) is 9.53. The molecule has 2 N–H and O–H groups in total. The highest BCUT2D eigenvalue weighted by Gasteiger charge is 2.15. The Hall–Kier alpha value is -1.75. The molecule has 1 aromatic rings. The van der Waals surface area contributed by atoms with Gasteiger partial charge in [0.15, 0.2) is 0 Å². The molecule has 0 aliphatic rings. The summed E-state index contributed by atoms with van der Waals surface area (Å²) in [6, 6.07) is 4.15. The first-order valence-electron chi connectivity index (χ1n) is 4.90. The van der Waals surface area contributed by atoms with Gasteiger partial charge in [0, 0.05) is 19.7 Å². The average Bonchev–Trinajstić information content (AvgIpc) is 2.31. The fraction of sp³-hybridized carbons (Fsp3) is 0.273. The number of phenols is 1. The summed E-state index contributed by atoms with van der Waals surface area (Å²) >= 11 is 5.70. The number of nitrogens with zero attached hydrogens (tertiary/aromatic N) is 1. The number of halogens is 1. The minimum Gasteiger partial charge on any atom is -0.506 e. The number of aromatic hydroxyl groups is 1. The zero-order valence-corrected chi connectivity index (χ0v) is 10.3. The Morgan fingerprint density at radius 3 is 2.65 bits per heavy atom. The van der Waals surface area contributed by atoms with Crippen LogP contribution in [-0.4, -0.2) is 42.5 Å². The van der Waals surface area contributed by atoms with Crippen LogP contribution in [0.5, 0.6) is 5.75 Å². The molecule has 6 heteroatoms. The minimum absolute atomic E-state index is 0.0339. The van der Waals surface area contributed by atoms with Crippen LogP contribution in [0, 0.1) is 0 Å². The predicted molar refractivity (Wildman–Crippen MR) is 64.1 cm³/mol. The number of carbonyl (C=O) groups is 2. The van der Waals surface area contributed by atoms with Crippen LogP contribution in [0.25, 0.3) is 0 Å². The van der Waals surface area contributed by atoms with Gasteiger partial charge in [-0.25, -0.2) is 0 Å². The molecule has 0 aliphatic heterocycles. The summed E-state index contributed by atoms with van der Waals surface area (Å²) < 4.78 is 0. The molecule has 92 valence electrons. The van der Waals surface area contributed by atoms with Crippen molar-refractivity contribution >= 4 is 23.4 Å². The molecule has 0 unspecified atom stereocenters. The number of amides is 2. The summed E-state index contributed by atoms with van der Waals surface area (Å²) in [7, 11) is 3.01. The number of hydrogen-bond acceptors (Lipinski definition) is 3. The van der Waals surface area contributed by atoms with E-state index in [0.29, 0.717) is 5.56 Å². The van der Waals surface area contributed by atoms with Gasteiger partial charge in [-0.15, -0.1) is 0 Å². The van der Waals surface area contributed by atoms with E-state index < -0.39 is 0 Å². The van der Waals surface area contributed by atoms with E-state index in [1.807, 2.05) is 0 Å². The van der Waals surface area contributed by atoms with Crippen LogP contribution in [0.15, 0.2) is 18.2 Å². The third kappa shape index (κ3) is 3.35. The number of nitrogens with one attached hydrogen (secondary N) is 1. The van der Waals surface area contributed by atoms with E-state index in [1.165, 1.54) is 37.2 Å². The lowest BCUT2D eigenvalue weighted by molar-refractivity contribution is -0.121. The molecule has 1 rings (SSSR count). The Bertz CT molecular complexity index is 448. The van der Waals surface area contributed by atoms with Crippen LogP contribution < -0.4 is 5.32 Å². The SMILES string of the molecule is CNC(=O)CN(C)C(=O)c1ccc(O)c(Cl)c1. The molecule has 0 bridgehead atoms. The smallest absolute Gasteiger partial charge is 0.254 e. The fourth-order valence-electron chi connectivity index (χ4n) is 1.23. The largest absolute Gasteiger partial charge is 0.506 e. The Morgan fingerprint density at radius 2 is 2.12 bits per heavy atom. The molecule has 0 radical (unpaired) electrons. The molecule has 0 aromatic heterocycles. The monoisotopic (exact) mass is 256 g/mol. The third-order valence-electron chi connectivity index (χ3n) is 2.20. The lowest BCUT2D eigenvalue weighted by Crippen LogP contribution is -2.36. The van der Waals surface area contributed by atoms with Crippen molar-refractivity contribution in [2.75, 3.05) is 20.6 Å². The van der Waals surface area contributed by atoms with Crippen LogP contribution in [-0.2, 0) is 4.79 Å². The van der Waals surface area contributed by atoms with Crippen molar-refractivity contribution in [3.63, 3.8) is 0 Å². The Balaban J connectivity index is 2.81. The second kappa shape index (κ2) is 5.54. The molecule has 0 atom stereocenters. The lowest BCUT2D eigenvalue weighted by Gasteiger charge is -2.16. The fourth-order valence-corrected chi connectivity index (χ4v) is 1.41. The molecule has 0 heterocycles. The lowest BCUT2D eigenvalue weighted by atomic mass is 10.2. The maximum absolute atomic E-state index is 11.9. The van der Waals surface area contributed by atoms with Crippen LogP contribution in [0.1, 0.15) is 10.4 Å². The first-order valence-corrected chi connectivity index (χ1v) is 5.28. The van der Waals surface area contributed by atoms with Gasteiger partial charge in [-0.05, 0) is 18.2 Å². The van der Waals surface area contributed by atoms with Gasteiger partial charge in [0.2, 0.25) is 5.91 Å². The molecule has 2 amide bonds. The summed E-state index contributed by atoms with van der Waals surface area (Å²) in [6.07, 6.45) is 0. The van der Waals surface area contributed by atoms with Crippen molar-refractivity contribution < 1.29 is 14.7 Å². The number of carbonyl (C=O) groups excluding carboxylic acids is 2. The molecule has 17 heavy (non-hydrogen) atoms.